The second-order valence-electron chi connectivity index (χ2n) is 9.95. The summed E-state index contributed by atoms with van der Waals surface area (Å²) in [7, 11) is 0. The Balaban J connectivity index is 2.14. The maximum Gasteiger partial charge on any atom is 0.314 e. The number of nitrogens with zero attached hydrogens (tertiary/aromatic N) is 1. The van der Waals surface area contributed by atoms with Gasteiger partial charge in [0.05, 0.1) is 24.2 Å². The van der Waals surface area contributed by atoms with Crippen molar-refractivity contribution in [3.63, 3.8) is 0 Å². The van der Waals surface area contributed by atoms with Crippen molar-refractivity contribution in [3.8, 4) is 11.5 Å². The largest absolute Gasteiger partial charge is 0.493 e. The molecule has 0 aromatic heterocycles. The maximum absolute atomic E-state index is 11.5. The quantitative estimate of drug-likeness (QED) is 0.0775. The van der Waals surface area contributed by atoms with Crippen molar-refractivity contribution in [1.82, 2.24) is 0 Å². The van der Waals surface area contributed by atoms with Crippen LogP contribution in [0.2, 0.25) is 0 Å². The van der Waals surface area contributed by atoms with Gasteiger partial charge < -0.3 is 9.47 Å². The van der Waals surface area contributed by atoms with Crippen LogP contribution in [0.15, 0.2) is 18.2 Å². The molecule has 0 aliphatic carbocycles. The minimum atomic E-state index is -0.374. The van der Waals surface area contributed by atoms with E-state index in [4.69, 9.17) is 9.47 Å². The molecule has 1 aromatic rings. The van der Waals surface area contributed by atoms with E-state index in [1.54, 1.807) is 12.1 Å². The molecule has 0 spiro atoms. The van der Waals surface area contributed by atoms with E-state index in [9.17, 15) is 10.1 Å². The third-order valence-electron chi connectivity index (χ3n) is 6.65. The molecule has 0 saturated carbocycles. The molecule has 0 bridgehead atoms. The SMILES string of the molecule is CCCCCCCCCCCCOc1ccc(OCCCCCCCCCCCC)c([N+](=O)[O-])c1. The number of ether oxygens (including phenoxy) is 2. The van der Waals surface area contributed by atoms with Crippen LogP contribution in [0.1, 0.15) is 142 Å². The topological polar surface area (TPSA) is 61.6 Å². The molecule has 1 rings (SSSR count). The van der Waals surface area contributed by atoms with E-state index in [2.05, 4.69) is 13.8 Å². The lowest BCUT2D eigenvalue weighted by atomic mass is 10.1. The molecule has 0 heterocycles. The van der Waals surface area contributed by atoms with Gasteiger partial charge in [-0.05, 0) is 25.0 Å². The first-order chi connectivity index (χ1) is 17.2. The second kappa shape index (κ2) is 22.7. The van der Waals surface area contributed by atoms with E-state index in [0.29, 0.717) is 24.7 Å². The van der Waals surface area contributed by atoms with Gasteiger partial charge in [0.15, 0.2) is 5.75 Å². The van der Waals surface area contributed by atoms with Crippen LogP contribution in [-0.4, -0.2) is 18.1 Å². The van der Waals surface area contributed by atoms with Crippen molar-refractivity contribution in [2.45, 2.75) is 142 Å². The molecule has 0 radical (unpaired) electrons. The normalized spacial score (nSPS) is 11.0. The summed E-state index contributed by atoms with van der Waals surface area (Å²) in [4.78, 5) is 11.1. The van der Waals surface area contributed by atoms with Gasteiger partial charge in [0, 0.05) is 0 Å². The molecule has 1 aromatic carbocycles. The highest BCUT2D eigenvalue weighted by Crippen LogP contribution is 2.31. The van der Waals surface area contributed by atoms with Crippen LogP contribution in [0.3, 0.4) is 0 Å². The molecule has 0 aliphatic rings. The minimum Gasteiger partial charge on any atom is -0.493 e. The van der Waals surface area contributed by atoms with Crippen LogP contribution in [0.25, 0.3) is 0 Å². The minimum absolute atomic E-state index is 0.00217. The van der Waals surface area contributed by atoms with E-state index in [1.165, 1.54) is 109 Å². The van der Waals surface area contributed by atoms with Gasteiger partial charge in [0.1, 0.15) is 5.75 Å². The van der Waals surface area contributed by atoms with Crippen LogP contribution >= 0.6 is 0 Å². The summed E-state index contributed by atoms with van der Waals surface area (Å²) in [6.45, 7) is 5.63. The van der Waals surface area contributed by atoms with Crippen LogP contribution < -0.4 is 9.47 Å². The summed E-state index contributed by atoms with van der Waals surface area (Å²) in [5.41, 5.74) is -0.00217. The molecule has 202 valence electrons. The van der Waals surface area contributed by atoms with Gasteiger partial charge in [0.2, 0.25) is 0 Å². The Labute approximate surface area is 215 Å². The maximum atomic E-state index is 11.5. The fourth-order valence-corrected chi connectivity index (χ4v) is 4.40. The summed E-state index contributed by atoms with van der Waals surface area (Å²) >= 11 is 0. The molecule has 5 nitrogen and oxygen atoms in total. The fraction of sp³-hybridized carbons (Fsp3) is 0.800. The number of nitro benzene ring substituents is 1. The summed E-state index contributed by atoms with van der Waals surface area (Å²) in [5.74, 6) is 0.899. The molecule has 0 amide bonds. The number of rotatable bonds is 25. The van der Waals surface area contributed by atoms with Gasteiger partial charge in [-0.1, -0.05) is 129 Å². The van der Waals surface area contributed by atoms with Gasteiger partial charge in [-0.2, -0.15) is 0 Å². The Hall–Kier alpha value is -1.78. The van der Waals surface area contributed by atoms with E-state index in [0.717, 1.165) is 25.7 Å². The van der Waals surface area contributed by atoms with Gasteiger partial charge in [-0.3, -0.25) is 10.1 Å². The molecule has 0 N–H and O–H groups in total. The van der Waals surface area contributed by atoms with Crippen LogP contribution in [-0.2, 0) is 0 Å². The first-order valence-electron chi connectivity index (χ1n) is 14.7. The highest BCUT2D eigenvalue weighted by atomic mass is 16.6. The Bertz CT molecular complexity index is 635. The lowest BCUT2D eigenvalue weighted by molar-refractivity contribution is -0.386. The molecular formula is C30H53NO4. The van der Waals surface area contributed by atoms with Crippen molar-refractivity contribution in [1.29, 1.82) is 0 Å². The smallest absolute Gasteiger partial charge is 0.314 e. The summed E-state index contributed by atoms with van der Waals surface area (Å²) in [6, 6.07) is 4.98. The molecule has 0 saturated heterocycles. The zero-order valence-corrected chi connectivity index (χ0v) is 22.9. The lowest BCUT2D eigenvalue weighted by Crippen LogP contribution is -2.02. The highest BCUT2D eigenvalue weighted by Gasteiger charge is 2.16. The molecule has 0 unspecified atom stereocenters. The Kier molecular flexibility index (Phi) is 20.2. The molecule has 5 heteroatoms. The van der Waals surface area contributed by atoms with Crippen molar-refractivity contribution in [3.05, 3.63) is 28.3 Å². The van der Waals surface area contributed by atoms with Crippen LogP contribution in [0.4, 0.5) is 5.69 Å². The van der Waals surface area contributed by atoms with Gasteiger partial charge in [0.25, 0.3) is 0 Å². The van der Waals surface area contributed by atoms with E-state index in [1.807, 2.05) is 0 Å². The predicted octanol–water partition coefficient (Wildman–Crippen LogP) is 10.2. The van der Waals surface area contributed by atoms with Crippen molar-refractivity contribution < 1.29 is 14.4 Å². The van der Waals surface area contributed by atoms with Gasteiger partial charge in [-0.15, -0.1) is 0 Å². The third kappa shape index (κ3) is 17.3. The zero-order chi connectivity index (χ0) is 25.4. The molecular weight excluding hydrogens is 438 g/mol. The lowest BCUT2D eigenvalue weighted by Gasteiger charge is -2.10. The number of benzene rings is 1. The molecule has 0 fully saturated rings. The first-order valence-corrected chi connectivity index (χ1v) is 14.7. The molecule has 35 heavy (non-hydrogen) atoms. The average molecular weight is 492 g/mol. The van der Waals surface area contributed by atoms with Crippen LogP contribution in [0.5, 0.6) is 11.5 Å². The van der Waals surface area contributed by atoms with Crippen LogP contribution in [0, 0.1) is 10.1 Å². The fourth-order valence-electron chi connectivity index (χ4n) is 4.40. The zero-order valence-electron chi connectivity index (χ0n) is 22.9. The van der Waals surface area contributed by atoms with E-state index >= 15 is 0 Å². The predicted molar refractivity (Wildman–Crippen MR) is 148 cm³/mol. The Morgan fingerprint density at radius 1 is 0.600 bits per heavy atom. The summed E-state index contributed by atoms with van der Waals surface area (Å²) < 4.78 is 11.5. The Morgan fingerprint density at radius 2 is 1.00 bits per heavy atom. The van der Waals surface area contributed by atoms with Crippen molar-refractivity contribution in [2.75, 3.05) is 13.2 Å². The standard InChI is InChI=1S/C30H53NO4/c1-3-5-7-9-11-13-15-17-19-21-25-34-28-23-24-30(29(27-28)31(32)33)35-26-22-20-18-16-14-12-10-8-6-4-2/h23-24,27H,3-22,25-26H2,1-2H3. The van der Waals surface area contributed by atoms with E-state index < -0.39 is 0 Å². The number of hydrogen-bond acceptors (Lipinski definition) is 4. The number of unbranched alkanes of at least 4 members (excludes halogenated alkanes) is 18. The van der Waals surface area contributed by atoms with E-state index in [-0.39, 0.29) is 10.6 Å². The van der Waals surface area contributed by atoms with Crippen molar-refractivity contribution >= 4 is 5.69 Å². The Morgan fingerprint density at radius 3 is 1.43 bits per heavy atom. The first kappa shape index (κ1) is 31.3. The van der Waals surface area contributed by atoms with Gasteiger partial charge in [-0.25, -0.2) is 0 Å². The highest BCUT2D eigenvalue weighted by molar-refractivity contribution is 5.50. The third-order valence-corrected chi connectivity index (χ3v) is 6.65. The summed E-state index contributed by atoms with van der Waals surface area (Å²) in [6.07, 6.45) is 25.3. The number of hydrogen-bond donors (Lipinski definition) is 0. The molecule has 0 aliphatic heterocycles. The second-order valence-corrected chi connectivity index (χ2v) is 9.95. The molecule has 0 atom stereocenters. The summed E-state index contributed by atoms with van der Waals surface area (Å²) in [5, 5.41) is 11.5. The number of nitro groups is 1. The van der Waals surface area contributed by atoms with Crippen molar-refractivity contribution in [2.24, 2.45) is 0 Å². The monoisotopic (exact) mass is 491 g/mol. The average Bonchev–Trinajstić information content (AvgIpc) is 2.86. The van der Waals surface area contributed by atoms with Gasteiger partial charge >= 0.3 is 5.69 Å².